The minimum absolute atomic E-state index is 0.0382. The lowest BCUT2D eigenvalue weighted by Crippen LogP contribution is -2.37. The largest absolute Gasteiger partial charge is 0.376 e. The van der Waals surface area contributed by atoms with Gasteiger partial charge < -0.3 is 15.5 Å². The lowest BCUT2D eigenvalue weighted by atomic mass is 9.98. The molecule has 1 fully saturated rings. The van der Waals surface area contributed by atoms with E-state index in [-0.39, 0.29) is 18.4 Å². The molecule has 0 spiro atoms. The van der Waals surface area contributed by atoms with Crippen LogP contribution in [0, 0.1) is 19.8 Å². The Balaban J connectivity index is 1.56. The Labute approximate surface area is 167 Å². The van der Waals surface area contributed by atoms with Gasteiger partial charge in [-0.25, -0.2) is 0 Å². The molecule has 1 aliphatic heterocycles. The van der Waals surface area contributed by atoms with Gasteiger partial charge >= 0.3 is 0 Å². The fourth-order valence-electron chi connectivity index (χ4n) is 3.36. The highest BCUT2D eigenvalue weighted by Crippen LogP contribution is 2.20. The fraction of sp³-hybridized carbons (Fsp3) is 0.391. The highest BCUT2D eigenvalue weighted by molar-refractivity contribution is 5.98. The molecule has 5 heteroatoms. The zero-order valence-electron chi connectivity index (χ0n) is 16.9. The van der Waals surface area contributed by atoms with Crippen LogP contribution in [0.15, 0.2) is 42.5 Å². The Morgan fingerprint density at radius 3 is 2.46 bits per heavy atom. The normalized spacial score (nSPS) is 14.6. The number of anilines is 2. The third-order valence-corrected chi connectivity index (χ3v) is 5.42. The molecule has 0 bridgehead atoms. The van der Waals surface area contributed by atoms with Crippen LogP contribution in [0.4, 0.5) is 11.4 Å². The number of rotatable bonds is 5. The number of nitrogens with one attached hydrogen (secondary N) is 2. The van der Waals surface area contributed by atoms with Gasteiger partial charge in [-0.05, 0) is 74.1 Å². The summed E-state index contributed by atoms with van der Waals surface area (Å²) in [5.41, 5.74) is 4.59. The number of nitrogens with zero attached hydrogens (tertiary/aromatic N) is 1. The second kappa shape index (κ2) is 8.91. The van der Waals surface area contributed by atoms with Gasteiger partial charge in [0.2, 0.25) is 5.91 Å². The van der Waals surface area contributed by atoms with Gasteiger partial charge in [-0.2, -0.15) is 0 Å². The van der Waals surface area contributed by atoms with E-state index in [4.69, 9.17) is 0 Å². The summed E-state index contributed by atoms with van der Waals surface area (Å²) in [5, 5.41) is 6.01. The van der Waals surface area contributed by atoms with Crippen molar-refractivity contribution in [3.63, 3.8) is 0 Å². The Morgan fingerprint density at radius 1 is 1.00 bits per heavy atom. The molecule has 2 aromatic carbocycles. The number of aryl methyl sites for hydroxylation is 2. The molecule has 0 saturated carbocycles. The Bertz CT molecular complexity index is 855. The van der Waals surface area contributed by atoms with Crippen molar-refractivity contribution in [2.75, 3.05) is 30.3 Å². The Morgan fingerprint density at radius 2 is 1.75 bits per heavy atom. The first-order valence-electron chi connectivity index (χ1n) is 9.92. The lowest BCUT2D eigenvalue weighted by molar-refractivity contribution is -0.114. The van der Waals surface area contributed by atoms with E-state index in [9.17, 15) is 9.59 Å². The molecule has 2 N–H and O–H groups in total. The first-order chi connectivity index (χ1) is 13.4. The van der Waals surface area contributed by atoms with Gasteiger partial charge in [0.05, 0.1) is 6.54 Å². The van der Waals surface area contributed by atoms with Gasteiger partial charge in [0.15, 0.2) is 0 Å². The molecule has 148 valence electrons. The van der Waals surface area contributed by atoms with Crippen LogP contribution < -0.4 is 10.6 Å². The van der Waals surface area contributed by atoms with Gasteiger partial charge in [0.25, 0.3) is 5.91 Å². The zero-order valence-corrected chi connectivity index (χ0v) is 16.9. The van der Waals surface area contributed by atoms with Crippen molar-refractivity contribution in [3.05, 3.63) is 59.2 Å². The minimum Gasteiger partial charge on any atom is -0.376 e. The summed E-state index contributed by atoms with van der Waals surface area (Å²) in [6, 6.07) is 13.2. The second-order valence-electron chi connectivity index (χ2n) is 7.76. The van der Waals surface area contributed by atoms with Crippen LogP contribution in [0.2, 0.25) is 0 Å². The van der Waals surface area contributed by atoms with E-state index in [1.54, 1.807) is 6.07 Å². The standard InChI is InChI=1S/C23H29N3O2/c1-16-9-11-26(12-10-16)23(28)19-5-4-6-21(14-19)25-22(27)15-24-20-8-7-17(2)18(3)13-20/h4-8,13-14,16,24H,9-12,15H2,1-3H3,(H,25,27). The smallest absolute Gasteiger partial charge is 0.253 e. The predicted octanol–water partition coefficient (Wildman–Crippen LogP) is 4.23. The van der Waals surface area contributed by atoms with Crippen LogP contribution in [0.25, 0.3) is 0 Å². The summed E-state index contributed by atoms with van der Waals surface area (Å²) in [6.45, 7) is 8.11. The Hall–Kier alpha value is -2.82. The van der Waals surface area contributed by atoms with Crippen molar-refractivity contribution in [2.45, 2.75) is 33.6 Å². The topological polar surface area (TPSA) is 61.4 Å². The SMILES string of the molecule is Cc1ccc(NCC(=O)Nc2cccc(C(=O)N3CCC(C)CC3)c2)cc1C. The molecule has 1 heterocycles. The van der Waals surface area contributed by atoms with Gasteiger partial charge in [0, 0.05) is 30.0 Å². The van der Waals surface area contributed by atoms with E-state index in [0.29, 0.717) is 17.2 Å². The maximum absolute atomic E-state index is 12.7. The maximum Gasteiger partial charge on any atom is 0.253 e. The summed E-state index contributed by atoms with van der Waals surface area (Å²) in [6.07, 6.45) is 2.10. The van der Waals surface area contributed by atoms with E-state index >= 15 is 0 Å². The summed E-state index contributed by atoms with van der Waals surface area (Å²) in [4.78, 5) is 26.9. The summed E-state index contributed by atoms with van der Waals surface area (Å²) in [7, 11) is 0. The Kier molecular flexibility index (Phi) is 6.34. The average Bonchev–Trinajstić information content (AvgIpc) is 2.69. The highest BCUT2D eigenvalue weighted by atomic mass is 16.2. The minimum atomic E-state index is -0.144. The molecular weight excluding hydrogens is 350 g/mol. The molecule has 0 aromatic heterocycles. The first-order valence-corrected chi connectivity index (χ1v) is 9.92. The summed E-state index contributed by atoms with van der Waals surface area (Å²) in [5.74, 6) is 0.574. The zero-order chi connectivity index (χ0) is 20.1. The van der Waals surface area contributed by atoms with Crippen LogP contribution in [0.5, 0.6) is 0 Å². The number of carbonyl (C=O) groups excluding carboxylic acids is 2. The molecule has 2 amide bonds. The molecule has 1 saturated heterocycles. The number of benzene rings is 2. The molecule has 28 heavy (non-hydrogen) atoms. The number of hydrogen-bond donors (Lipinski definition) is 2. The monoisotopic (exact) mass is 379 g/mol. The van der Waals surface area contributed by atoms with Crippen molar-refractivity contribution in [1.29, 1.82) is 0 Å². The van der Waals surface area contributed by atoms with Gasteiger partial charge in [-0.15, -0.1) is 0 Å². The first kappa shape index (κ1) is 19.9. The van der Waals surface area contributed by atoms with E-state index in [1.807, 2.05) is 48.2 Å². The third-order valence-electron chi connectivity index (χ3n) is 5.42. The van der Waals surface area contributed by atoms with Crippen LogP contribution in [0.1, 0.15) is 41.3 Å². The number of likely N-dealkylation sites (tertiary alicyclic amines) is 1. The van der Waals surface area contributed by atoms with Crippen molar-refractivity contribution >= 4 is 23.2 Å². The van der Waals surface area contributed by atoms with Crippen molar-refractivity contribution < 1.29 is 9.59 Å². The second-order valence-corrected chi connectivity index (χ2v) is 7.76. The molecule has 0 atom stereocenters. The van der Waals surface area contributed by atoms with E-state index in [2.05, 4.69) is 24.5 Å². The average molecular weight is 380 g/mol. The van der Waals surface area contributed by atoms with Crippen molar-refractivity contribution in [1.82, 2.24) is 4.90 Å². The molecule has 1 aliphatic rings. The summed E-state index contributed by atoms with van der Waals surface area (Å²) >= 11 is 0. The number of hydrogen-bond acceptors (Lipinski definition) is 3. The van der Waals surface area contributed by atoms with E-state index in [1.165, 1.54) is 11.1 Å². The van der Waals surface area contributed by atoms with Gasteiger partial charge in [-0.3, -0.25) is 9.59 Å². The quantitative estimate of drug-likeness (QED) is 0.817. The number of carbonyl (C=O) groups is 2. The molecule has 0 aliphatic carbocycles. The van der Waals surface area contributed by atoms with Crippen LogP contribution in [-0.4, -0.2) is 36.3 Å². The van der Waals surface area contributed by atoms with Gasteiger partial charge in [0.1, 0.15) is 0 Å². The fourth-order valence-corrected chi connectivity index (χ4v) is 3.36. The van der Waals surface area contributed by atoms with Crippen molar-refractivity contribution in [3.8, 4) is 0 Å². The number of amides is 2. The predicted molar refractivity (Wildman–Crippen MR) is 114 cm³/mol. The van der Waals surface area contributed by atoms with Crippen LogP contribution in [-0.2, 0) is 4.79 Å². The molecule has 2 aromatic rings. The van der Waals surface area contributed by atoms with Crippen LogP contribution >= 0.6 is 0 Å². The maximum atomic E-state index is 12.7. The lowest BCUT2D eigenvalue weighted by Gasteiger charge is -2.30. The van der Waals surface area contributed by atoms with Crippen LogP contribution in [0.3, 0.4) is 0 Å². The third kappa shape index (κ3) is 5.12. The molecule has 0 radical (unpaired) electrons. The number of piperidine rings is 1. The van der Waals surface area contributed by atoms with Gasteiger partial charge in [-0.1, -0.05) is 19.1 Å². The van der Waals surface area contributed by atoms with E-state index < -0.39 is 0 Å². The molecule has 0 unspecified atom stereocenters. The van der Waals surface area contributed by atoms with Crippen molar-refractivity contribution in [2.24, 2.45) is 5.92 Å². The molecule has 5 nitrogen and oxygen atoms in total. The summed E-state index contributed by atoms with van der Waals surface area (Å²) < 4.78 is 0. The highest BCUT2D eigenvalue weighted by Gasteiger charge is 2.21. The van der Waals surface area contributed by atoms with E-state index in [0.717, 1.165) is 31.6 Å². The molecule has 3 rings (SSSR count). The molecular formula is C23H29N3O2.